The normalized spacial score (nSPS) is 22.1. The number of aromatic nitrogens is 2. The second kappa shape index (κ2) is 4.75. The molecule has 0 aromatic carbocycles. The number of nitrogens with one attached hydrogen (secondary N) is 1. The Kier molecular flexibility index (Phi) is 3.50. The summed E-state index contributed by atoms with van der Waals surface area (Å²) in [5.41, 5.74) is 0.324. The van der Waals surface area contributed by atoms with E-state index in [-0.39, 0.29) is 11.6 Å². The fourth-order valence-corrected chi connectivity index (χ4v) is 3.74. The third-order valence-electron chi connectivity index (χ3n) is 3.27. The highest BCUT2D eigenvalue weighted by atomic mass is 32.2. The highest BCUT2D eigenvalue weighted by Gasteiger charge is 2.34. The number of H-pyrrole nitrogens is 1. The van der Waals surface area contributed by atoms with Gasteiger partial charge in [-0.2, -0.15) is 9.40 Å². The maximum absolute atomic E-state index is 12.3. The van der Waals surface area contributed by atoms with Gasteiger partial charge in [-0.15, -0.1) is 0 Å². The first-order valence-electron chi connectivity index (χ1n) is 5.72. The Morgan fingerprint density at radius 1 is 1.65 bits per heavy atom. The first-order valence-corrected chi connectivity index (χ1v) is 7.16. The molecule has 1 atom stereocenters. The van der Waals surface area contributed by atoms with E-state index in [2.05, 4.69) is 17.1 Å². The topological polar surface area (TPSA) is 86.3 Å². The number of nitrogens with zero attached hydrogens (tertiary/aromatic N) is 2. The predicted molar refractivity (Wildman–Crippen MR) is 61.7 cm³/mol. The summed E-state index contributed by atoms with van der Waals surface area (Å²) in [5, 5.41) is 15.2. The Bertz CT molecular complexity index is 483. The van der Waals surface area contributed by atoms with Crippen LogP contribution in [0.3, 0.4) is 0 Å². The van der Waals surface area contributed by atoms with E-state index in [1.54, 1.807) is 0 Å². The predicted octanol–water partition coefficient (Wildman–Crippen LogP) is 0.323. The summed E-state index contributed by atoms with van der Waals surface area (Å²) in [4.78, 5) is 0. The third kappa shape index (κ3) is 2.22. The van der Waals surface area contributed by atoms with Crippen molar-refractivity contribution in [2.75, 3.05) is 13.1 Å². The average Bonchev–Trinajstić information content (AvgIpc) is 2.97. The van der Waals surface area contributed by atoms with Gasteiger partial charge in [0, 0.05) is 18.7 Å². The first kappa shape index (κ1) is 12.5. The molecule has 0 bridgehead atoms. The molecule has 1 aliphatic heterocycles. The Hall–Kier alpha value is -0.920. The Morgan fingerprint density at radius 3 is 3.00 bits per heavy atom. The van der Waals surface area contributed by atoms with E-state index in [1.807, 2.05) is 0 Å². The van der Waals surface area contributed by atoms with Gasteiger partial charge >= 0.3 is 0 Å². The number of hydrogen-bond acceptors (Lipinski definition) is 4. The molecular weight excluding hydrogens is 242 g/mol. The van der Waals surface area contributed by atoms with Crippen LogP contribution >= 0.6 is 0 Å². The van der Waals surface area contributed by atoms with E-state index in [0.717, 1.165) is 12.8 Å². The second-order valence-electron chi connectivity index (χ2n) is 4.31. The summed E-state index contributed by atoms with van der Waals surface area (Å²) in [7, 11) is -3.53. The van der Waals surface area contributed by atoms with E-state index in [4.69, 9.17) is 5.11 Å². The molecule has 2 N–H and O–H groups in total. The van der Waals surface area contributed by atoms with Crippen LogP contribution in [0.4, 0.5) is 0 Å². The molecule has 17 heavy (non-hydrogen) atoms. The van der Waals surface area contributed by atoms with Gasteiger partial charge in [-0.25, -0.2) is 8.42 Å². The van der Waals surface area contributed by atoms with Crippen LogP contribution in [-0.4, -0.2) is 41.1 Å². The molecule has 1 aromatic rings. The highest BCUT2D eigenvalue weighted by molar-refractivity contribution is 7.89. The maximum Gasteiger partial charge on any atom is 0.260 e. The molecule has 2 heterocycles. The zero-order valence-electron chi connectivity index (χ0n) is 9.76. The minimum atomic E-state index is -3.53. The zero-order chi connectivity index (χ0) is 12.5. The van der Waals surface area contributed by atoms with Crippen LogP contribution in [0.2, 0.25) is 0 Å². The van der Waals surface area contributed by atoms with E-state index in [9.17, 15) is 8.42 Å². The lowest BCUT2D eigenvalue weighted by Crippen LogP contribution is -2.29. The lowest BCUT2D eigenvalue weighted by atomic mass is 10.1. The lowest BCUT2D eigenvalue weighted by molar-refractivity contribution is 0.278. The van der Waals surface area contributed by atoms with Crippen LogP contribution < -0.4 is 0 Å². The van der Waals surface area contributed by atoms with Gasteiger partial charge in [0.1, 0.15) is 0 Å². The van der Waals surface area contributed by atoms with Crippen molar-refractivity contribution >= 4 is 10.0 Å². The molecule has 0 radical (unpaired) electrons. The van der Waals surface area contributed by atoms with Crippen molar-refractivity contribution in [1.29, 1.82) is 0 Å². The van der Waals surface area contributed by atoms with Crippen LogP contribution in [0.25, 0.3) is 0 Å². The summed E-state index contributed by atoms with van der Waals surface area (Å²) in [6.45, 7) is 2.85. The minimum absolute atomic E-state index is 0.0248. The van der Waals surface area contributed by atoms with E-state index in [1.165, 1.54) is 10.5 Å². The molecule has 1 aliphatic rings. The number of rotatable bonds is 4. The van der Waals surface area contributed by atoms with E-state index >= 15 is 0 Å². The Morgan fingerprint density at radius 2 is 2.41 bits per heavy atom. The summed E-state index contributed by atoms with van der Waals surface area (Å²) in [5.74, 6) is 0.435. The summed E-state index contributed by atoms with van der Waals surface area (Å²) in [6.07, 6.45) is 3.24. The summed E-state index contributed by atoms with van der Waals surface area (Å²) in [6, 6.07) is 0. The molecule has 96 valence electrons. The third-order valence-corrected chi connectivity index (χ3v) is 5.15. The number of aliphatic hydroxyl groups excluding tert-OH is 1. The Balaban J connectivity index is 2.26. The minimum Gasteiger partial charge on any atom is -0.392 e. The number of hydrogen-bond donors (Lipinski definition) is 2. The van der Waals surface area contributed by atoms with Gasteiger partial charge in [-0.05, 0) is 12.3 Å². The van der Waals surface area contributed by atoms with Gasteiger partial charge in [0.15, 0.2) is 5.03 Å². The van der Waals surface area contributed by atoms with Crippen LogP contribution in [0.5, 0.6) is 0 Å². The average molecular weight is 259 g/mol. The van der Waals surface area contributed by atoms with Gasteiger partial charge in [0.05, 0.1) is 12.8 Å². The lowest BCUT2D eigenvalue weighted by Gasteiger charge is -2.15. The monoisotopic (exact) mass is 259 g/mol. The molecule has 0 aliphatic carbocycles. The van der Waals surface area contributed by atoms with Gasteiger partial charge in [0.25, 0.3) is 10.0 Å². The molecule has 6 nitrogen and oxygen atoms in total. The van der Waals surface area contributed by atoms with Crippen molar-refractivity contribution in [3.8, 4) is 0 Å². The molecule has 2 rings (SSSR count). The molecule has 1 saturated heterocycles. The first-order chi connectivity index (χ1) is 8.09. The van der Waals surface area contributed by atoms with Gasteiger partial charge < -0.3 is 5.11 Å². The molecule has 7 heteroatoms. The van der Waals surface area contributed by atoms with Gasteiger partial charge in [-0.3, -0.25) is 5.10 Å². The zero-order valence-corrected chi connectivity index (χ0v) is 10.6. The van der Waals surface area contributed by atoms with Crippen molar-refractivity contribution in [3.05, 3.63) is 11.8 Å². The van der Waals surface area contributed by atoms with Gasteiger partial charge in [-0.1, -0.05) is 13.3 Å². The summed E-state index contributed by atoms with van der Waals surface area (Å²) < 4.78 is 26.0. The SMILES string of the molecule is CCC1CCN(S(=O)(=O)c2[nH]ncc2CO)C1. The highest BCUT2D eigenvalue weighted by Crippen LogP contribution is 2.26. The molecule has 0 saturated carbocycles. The van der Waals surface area contributed by atoms with Crippen LogP contribution in [0.1, 0.15) is 25.3 Å². The number of aliphatic hydroxyl groups is 1. The quantitative estimate of drug-likeness (QED) is 0.815. The molecule has 1 fully saturated rings. The van der Waals surface area contributed by atoms with Crippen molar-refractivity contribution in [2.24, 2.45) is 5.92 Å². The number of sulfonamides is 1. The largest absolute Gasteiger partial charge is 0.392 e. The smallest absolute Gasteiger partial charge is 0.260 e. The van der Waals surface area contributed by atoms with Crippen molar-refractivity contribution < 1.29 is 13.5 Å². The van der Waals surface area contributed by atoms with Crippen LogP contribution in [-0.2, 0) is 16.6 Å². The Labute approximate surface area is 101 Å². The van der Waals surface area contributed by atoms with E-state index in [0.29, 0.717) is 24.6 Å². The maximum atomic E-state index is 12.3. The standard InChI is InChI=1S/C10H17N3O3S/c1-2-8-3-4-13(6-8)17(15,16)10-9(7-14)5-11-12-10/h5,8,14H,2-4,6-7H2,1H3,(H,11,12). The molecular formula is C10H17N3O3S. The second-order valence-corrected chi connectivity index (χ2v) is 6.18. The van der Waals surface area contributed by atoms with E-state index < -0.39 is 10.0 Å². The number of aromatic amines is 1. The van der Waals surface area contributed by atoms with Crippen molar-refractivity contribution in [2.45, 2.75) is 31.4 Å². The molecule has 1 unspecified atom stereocenters. The van der Waals surface area contributed by atoms with Gasteiger partial charge in [0.2, 0.25) is 0 Å². The summed E-state index contributed by atoms with van der Waals surface area (Å²) >= 11 is 0. The van der Waals surface area contributed by atoms with Crippen molar-refractivity contribution in [3.63, 3.8) is 0 Å². The molecule has 0 spiro atoms. The van der Waals surface area contributed by atoms with Crippen LogP contribution in [0.15, 0.2) is 11.2 Å². The molecule has 1 aromatic heterocycles. The van der Waals surface area contributed by atoms with Crippen molar-refractivity contribution in [1.82, 2.24) is 14.5 Å². The fraction of sp³-hybridized carbons (Fsp3) is 0.700. The van der Waals surface area contributed by atoms with Crippen LogP contribution in [0, 0.1) is 5.92 Å². The fourth-order valence-electron chi connectivity index (χ4n) is 2.11. The molecule has 0 amide bonds.